The number of carbonyl (C=O) groups excluding carboxylic acids is 1. The van der Waals surface area contributed by atoms with Crippen molar-refractivity contribution >= 4 is 34.9 Å². The zero-order valence-corrected chi connectivity index (χ0v) is 11.7. The highest BCUT2D eigenvalue weighted by Gasteiger charge is 2.05. The third-order valence-electron chi connectivity index (χ3n) is 2.24. The van der Waals surface area contributed by atoms with E-state index < -0.39 is 0 Å². The Morgan fingerprint density at radius 1 is 1.28 bits per heavy atom. The van der Waals surface area contributed by atoms with Crippen LogP contribution in [0.25, 0.3) is 0 Å². The molecule has 0 aliphatic carbocycles. The number of benzene rings is 1. The second-order valence-electron chi connectivity index (χ2n) is 3.71. The Labute approximate surface area is 117 Å². The molecule has 2 amide bonds. The minimum Gasteiger partial charge on any atom is -0.338 e. The molecule has 1 aromatic carbocycles. The van der Waals surface area contributed by atoms with Crippen molar-refractivity contribution in [3.8, 4) is 0 Å². The molecule has 3 N–H and O–H groups in total. The smallest absolute Gasteiger partial charge is 0.319 e. The fourth-order valence-corrected chi connectivity index (χ4v) is 1.69. The fourth-order valence-electron chi connectivity index (χ4n) is 1.35. The molecule has 18 heavy (non-hydrogen) atoms. The largest absolute Gasteiger partial charge is 0.338 e. The molecule has 0 spiro atoms. The first-order valence-corrected chi connectivity index (χ1v) is 6.59. The Balaban J connectivity index is 2.33. The lowest BCUT2D eigenvalue weighted by Crippen LogP contribution is -2.31. The van der Waals surface area contributed by atoms with Crippen LogP contribution in [0.1, 0.15) is 13.3 Å². The van der Waals surface area contributed by atoms with Crippen molar-refractivity contribution in [1.29, 1.82) is 0 Å². The SMILES string of the molecule is CCNCCCNC(=O)Nc1cc(Cl)ccc1Cl. The molecule has 0 radical (unpaired) electrons. The van der Waals surface area contributed by atoms with E-state index in [0.717, 1.165) is 19.5 Å². The minimum absolute atomic E-state index is 0.282. The summed E-state index contributed by atoms with van der Waals surface area (Å²) >= 11 is 11.8. The molecular weight excluding hydrogens is 273 g/mol. The summed E-state index contributed by atoms with van der Waals surface area (Å²) in [7, 11) is 0. The summed E-state index contributed by atoms with van der Waals surface area (Å²) in [6, 6.07) is 4.64. The first kappa shape index (κ1) is 15.1. The van der Waals surface area contributed by atoms with E-state index in [-0.39, 0.29) is 6.03 Å². The summed E-state index contributed by atoms with van der Waals surface area (Å²) < 4.78 is 0. The maximum atomic E-state index is 11.6. The predicted molar refractivity (Wildman–Crippen MR) is 76.6 cm³/mol. The second kappa shape index (κ2) is 8.19. The molecular formula is C12H17Cl2N3O. The highest BCUT2D eigenvalue weighted by molar-refractivity contribution is 6.35. The van der Waals surface area contributed by atoms with Crippen molar-refractivity contribution in [2.75, 3.05) is 25.0 Å². The lowest BCUT2D eigenvalue weighted by molar-refractivity contribution is 0.252. The van der Waals surface area contributed by atoms with E-state index >= 15 is 0 Å². The van der Waals surface area contributed by atoms with E-state index in [9.17, 15) is 4.79 Å². The molecule has 4 nitrogen and oxygen atoms in total. The summed E-state index contributed by atoms with van der Waals surface area (Å²) in [6.07, 6.45) is 0.880. The molecule has 0 saturated carbocycles. The van der Waals surface area contributed by atoms with E-state index in [1.165, 1.54) is 0 Å². The quantitative estimate of drug-likeness (QED) is 0.705. The van der Waals surface area contributed by atoms with E-state index in [1.807, 2.05) is 6.92 Å². The maximum Gasteiger partial charge on any atom is 0.319 e. The summed E-state index contributed by atoms with van der Waals surface area (Å²) in [5, 5.41) is 9.57. The molecule has 0 aliphatic rings. The van der Waals surface area contributed by atoms with Gasteiger partial charge in [-0.25, -0.2) is 4.79 Å². The van der Waals surface area contributed by atoms with Gasteiger partial charge in [-0.2, -0.15) is 0 Å². The van der Waals surface area contributed by atoms with Gasteiger partial charge in [-0.1, -0.05) is 30.1 Å². The third kappa shape index (κ3) is 5.58. The van der Waals surface area contributed by atoms with Gasteiger partial charge < -0.3 is 16.0 Å². The van der Waals surface area contributed by atoms with Gasteiger partial charge in [-0.3, -0.25) is 0 Å². The zero-order chi connectivity index (χ0) is 13.4. The number of rotatable bonds is 6. The maximum absolute atomic E-state index is 11.6. The molecule has 0 atom stereocenters. The number of amides is 2. The average molecular weight is 290 g/mol. The molecule has 0 unspecified atom stereocenters. The van der Waals surface area contributed by atoms with Crippen LogP contribution in [0.2, 0.25) is 10.0 Å². The number of carbonyl (C=O) groups is 1. The molecule has 1 aromatic rings. The summed E-state index contributed by atoms with van der Waals surface area (Å²) in [6.45, 7) is 4.47. The molecule has 0 aliphatic heterocycles. The van der Waals surface area contributed by atoms with Crippen molar-refractivity contribution in [1.82, 2.24) is 10.6 Å². The van der Waals surface area contributed by atoms with E-state index in [4.69, 9.17) is 23.2 Å². The van der Waals surface area contributed by atoms with Gasteiger partial charge >= 0.3 is 6.03 Å². The monoisotopic (exact) mass is 289 g/mol. The molecule has 0 heterocycles. The Kier molecular flexibility index (Phi) is 6.86. The van der Waals surface area contributed by atoms with E-state index in [1.54, 1.807) is 18.2 Å². The Bertz CT molecular complexity index is 399. The third-order valence-corrected chi connectivity index (χ3v) is 2.81. The minimum atomic E-state index is -0.282. The summed E-state index contributed by atoms with van der Waals surface area (Å²) in [5.41, 5.74) is 0.508. The van der Waals surface area contributed by atoms with Gasteiger partial charge in [-0.15, -0.1) is 0 Å². The molecule has 0 fully saturated rings. The number of nitrogens with one attached hydrogen (secondary N) is 3. The Morgan fingerprint density at radius 3 is 2.78 bits per heavy atom. The van der Waals surface area contributed by atoms with Crippen LogP contribution < -0.4 is 16.0 Å². The van der Waals surface area contributed by atoms with E-state index in [2.05, 4.69) is 16.0 Å². The predicted octanol–water partition coefficient (Wildman–Crippen LogP) is 3.11. The van der Waals surface area contributed by atoms with E-state index in [0.29, 0.717) is 22.3 Å². The fraction of sp³-hybridized carbons (Fsp3) is 0.417. The van der Waals surface area contributed by atoms with Crippen LogP contribution in [0.3, 0.4) is 0 Å². The zero-order valence-electron chi connectivity index (χ0n) is 10.2. The number of halogens is 2. The highest BCUT2D eigenvalue weighted by atomic mass is 35.5. The first-order chi connectivity index (χ1) is 8.63. The van der Waals surface area contributed by atoms with Crippen LogP contribution in [0.15, 0.2) is 18.2 Å². The van der Waals surface area contributed by atoms with Gasteiger partial charge in [0.05, 0.1) is 10.7 Å². The Morgan fingerprint density at radius 2 is 2.06 bits per heavy atom. The van der Waals surface area contributed by atoms with Gasteiger partial charge in [-0.05, 0) is 37.7 Å². The van der Waals surface area contributed by atoms with Crippen LogP contribution in [-0.2, 0) is 0 Å². The van der Waals surface area contributed by atoms with Gasteiger partial charge in [0.1, 0.15) is 0 Å². The first-order valence-electron chi connectivity index (χ1n) is 5.84. The number of anilines is 1. The van der Waals surface area contributed by atoms with Gasteiger partial charge in [0.15, 0.2) is 0 Å². The van der Waals surface area contributed by atoms with Crippen LogP contribution in [0.5, 0.6) is 0 Å². The summed E-state index contributed by atoms with van der Waals surface area (Å²) in [5.74, 6) is 0. The van der Waals surface area contributed by atoms with Crippen molar-refractivity contribution in [2.24, 2.45) is 0 Å². The molecule has 0 bridgehead atoms. The lowest BCUT2D eigenvalue weighted by atomic mass is 10.3. The highest BCUT2D eigenvalue weighted by Crippen LogP contribution is 2.25. The molecule has 1 rings (SSSR count). The normalized spacial score (nSPS) is 10.2. The van der Waals surface area contributed by atoms with Gasteiger partial charge in [0.25, 0.3) is 0 Å². The van der Waals surface area contributed by atoms with Crippen LogP contribution in [0.4, 0.5) is 10.5 Å². The summed E-state index contributed by atoms with van der Waals surface area (Å²) in [4.78, 5) is 11.6. The standard InChI is InChI=1S/C12H17Cl2N3O/c1-2-15-6-3-7-16-12(18)17-11-8-9(13)4-5-10(11)14/h4-5,8,15H,2-3,6-7H2,1H3,(H2,16,17,18). The number of hydrogen-bond acceptors (Lipinski definition) is 2. The number of urea groups is 1. The topological polar surface area (TPSA) is 53.2 Å². The number of hydrogen-bond donors (Lipinski definition) is 3. The van der Waals surface area contributed by atoms with Crippen molar-refractivity contribution in [2.45, 2.75) is 13.3 Å². The van der Waals surface area contributed by atoms with Crippen molar-refractivity contribution < 1.29 is 4.79 Å². The molecule has 100 valence electrons. The van der Waals surface area contributed by atoms with Crippen LogP contribution in [0, 0.1) is 0 Å². The average Bonchev–Trinajstić information content (AvgIpc) is 2.33. The van der Waals surface area contributed by atoms with Crippen LogP contribution >= 0.6 is 23.2 Å². The van der Waals surface area contributed by atoms with Crippen molar-refractivity contribution in [3.63, 3.8) is 0 Å². The van der Waals surface area contributed by atoms with Gasteiger partial charge in [0, 0.05) is 11.6 Å². The second-order valence-corrected chi connectivity index (χ2v) is 4.56. The lowest BCUT2D eigenvalue weighted by Gasteiger charge is -2.09. The Hall–Kier alpha value is -0.970. The molecule has 6 heteroatoms. The molecule has 0 saturated heterocycles. The van der Waals surface area contributed by atoms with Crippen molar-refractivity contribution in [3.05, 3.63) is 28.2 Å². The van der Waals surface area contributed by atoms with Crippen LogP contribution in [-0.4, -0.2) is 25.7 Å². The molecule has 0 aromatic heterocycles. The van der Waals surface area contributed by atoms with Gasteiger partial charge in [0.2, 0.25) is 0 Å².